The number of nitrogens with zero attached hydrogens (tertiary/aromatic N) is 1. The van der Waals surface area contributed by atoms with Gasteiger partial charge in [0.25, 0.3) is 0 Å². The van der Waals surface area contributed by atoms with Crippen molar-refractivity contribution in [1.29, 1.82) is 5.26 Å². The number of rotatable bonds is 8. The largest absolute Gasteiger partial charge is 0.496 e. The van der Waals surface area contributed by atoms with E-state index in [-0.39, 0.29) is 11.4 Å². The molecule has 0 amide bonds. The lowest BCUT2D eigenvalue weighted by atomic mass is 9.86. The number of carbonyl (C=O) groups is 1. The standard InChI is InChI=1S/C19H21F4NO3/c1-18(2,3)16(25)13(9-24)7-12-5-6-15(26-4)14(8-12)10-27-11-19(22,23)17(20)21/h5-8,17H,10-11H2,1-4H3/b13-7+. The second kappa shape index (κ2) is 9.00. The molecule has 27 heavy (non-hydrogen) atoms. The third kappa shape index (κ3) is 6.36. The number of alkyl halides is 4. The SMILES string of the molecule is COc1ccc(/C=C(\C#N)C(=O)C(C)(C)C)cc1COCC(F)(F)C(F)F. The summed E-state index contributed by atoms with van der Waals surface area (Å²) in [6.45, 7) is 3.19. The maximum Gasteiger partial charge on any atom is 0.330 e. The van der Waals surface area contributed by atoms with Gasteiger partial charge in [0.15, 0.2) is 5.78 Å². The van der Waals surface area contributed by atoms with Gasteiger partial charge in [0.05, 0.1) is 19.3 Å². The lowest BCUT2D eigenvalue weighted by molar-refractivity contribution is -0.168. The van der Waals surface area contributed by atoms with Crippen LogP contribution in [0.2, 0.25) is 0 Å². The van der Waals surface area contributed by atoms with Crippen LogP contribution in [-0.2, 0) is 16.1 Å². The van der Waals surface area contributed by atoms with Crippen LogP contribution in [0.4, 0.5) is 17.6 Å². The van der Waals surface area contributed by atoms with Crippen LogP contribution in [0.3, 0.4) is 0 Å². The summed E-state index contributed by atoms with van der Waals surface area (Å²) < 4.78 is 60.0. The summed E-state index contributed by atoms with van der Waals surface area (Å²) in [5.41, 5.74) is -0.0503. The van der Waals surface area contributed by atoms with Crippen LogP contribution >= 0.6 is 0 Å². The van der Waals surface area contributed by atoms with E-state index in [1.165, 1.54) is 25.3 Å². The number of ether oxygens (including phenoxy) is 2. The average molecular weight is 387 g/mol. The molecule has 0 aromatic heterocycles. The van der Waals surface area contributed by atoms with Gasteiger partial charge < -0.3 is 9.47 Å². The van der Waals surface area contributed by atoms with Crippen molar-refractivity contribution in [2.45, 2.75) is 39.7 Å². The molecule has 4 nitrogen and oxygen atoms in total. The summed E-state index contributed by atoms with van der Waals surface area (Å²) in [5, 5.41) is 9.23. The molecular weight excluding hydrogens is 366 g/mol. The third-order valence-corrected chi connectivity index (χ3v) is 3.53. The normalized spacial score (nSPS) is 12.8. The van der Waals surface area contributed by atoms with Crippen LogP contribution < -0.4 is 4.74 Å². The maximum atomic E-state index is 12.9. The van der Waals surface area contributed by atoms with Crippen molar-refractivity contribution in [2.75, 3.05) is 13.7 Å². The molecule has 1 aromatic carbocycles. The summed E-state index contributed by atoms with van der Waals surface area (Å²) in [5.74, 6) is -4.30. The molecule has 0 bridgehead atoms. The van der Waals surface area contributed by atoms with Crippen LogP contribution in [0, 0.1) is 16.7 Å². The highest BCUT2D eigenvalue weighted by Crippen LogP contribution is 2.27. The van der Waals surface area contributed by atoms with E-state index in [0.29, 0.717) is 16.9 Å². The lowest BCUT2D eigenvalue weighted by Gasteiger charge is -2.17. The molecule has 0 saturated carbocycles. The number of hydrogen-bond acceptors (Lipinski definition) is 4. The Kier molecular flexibility index (Phi) is 7.55. The predicted octanol–water partition coefficient (Wildman–Crippen LogP) is 4.63. The summed E-state index contributed by atoms with van der Waals surface area (Å²) in [6, 6.07) is 6.40. The topological polar surface area (TPSA) is 59.3 Å². The van der Waals surface area contributed by atoms with Gasteiger partial charge >= 0.3 is 12.3 Å². The van der Waals surface area contributed by atoms with Gasteiger partial charge in [-0.1, -0.05) is 26.8 Å². The van der Waals surface area contributed by atoms with Crippen molar-refractivity contribution in [1.82, 2.24) is 0 Å². The van der Waals surface area contributed by atoms with Gasteiger partial charge in [-0.05, 0) is 23.8 Å². The van der Waals surface area contributed by atoms with E-state index < -0.39 is 31.0 Å². The molecule has 0 radical (unpaired) electrons. The van der Waals surface area contributed by atoms with Gasteiger partial charge in [-0.3, -0.25) is 4.79 Å². The van der Waals surface area contributed by atoms with Gasteiger partial charge in [0, 0.05) is 11.0 Å². The molecule has 0 spiro atoms. The first-order valence-electron chi connectivity index (χ1n) is 7.99. The van der Waals surface area contributed by atoms with Crippen molar-refractivity contribution >= 4 is 11.9 Å². The number of nitriles is 1. The molecule has 0 aliphatic carbocycles. The maximum absolute atomic E-state index is 12.9. The van der Waals surface area contributed by atoms with Crippen molar-refractivity contribution in [3.8, 4) is 11.8 Å². The first kappa shape index (κ1) is 22.6. The third-order valence-electron chi connectivity index (χ3n) is 3.53. The molecule has 0 unspecified atom stereocenters. The Hall–Kier alpha value is -2.40. The Labute approximate surface area is 155 Å². The lowest BCUT2D eigenvalue weighted by Crippen LogP contribution is -2.32. The Morgan fingerprint density at radius 1 is 1.30 bits per heavy atom. The second-order valence-corrected chi connectivity index (χ2v) is 6.87. The minimum absolute atomic E-state index is 0.0660. The number of Topliss-reactive ketones (excluding diaryl/α,β-unsaturated/α-hetero) is 1. The molecule has 0 fully saturated rings. The molecule has 0 aliphatic heterocycles. The van der Waals surface area contributed by atoms with Crippen LogP contribution in [0.1, 0.15) is 31.9 Å². The van der Waals surface area contributed by atoms with E-state index in [4.69, 9.17) is 9.47 Å². The monoisotopic (exact) mass is 387 g/mol. The van der Waals surface area contributed by atoms with E-state index in [1.807, 2.05) is 6.07 Å². The molecular formula is C19H21F4NO3. The highest BCUT2D eigenvalue weighted by Gasteiger charge is 2.41. The average Bonchev–Trinajstić information content (AvgIpc) is 2.58. The molecule has 0 saturated heterocycles. The summed E-state index contributed by atoms with van der Waals surface area (Å²) >= 11 is 0. The van der Waals surface area contributed by atoms with Crippen molar-refractivity contribution < 1.29 is 31.8 Å². The van der Waals surface area contributed by atoms with Crippen LogP contribution in [0.5, 0.6) is 5.75 Å². The molecule has 1 rings (SSSR count). The number of benzene rings is 1. The molecule has 1 aromatic rings. The van der Waals surface area contributed by atoms with Crippen molar-refractivity contribution in [3.63, 3.8) is 0 Å². The van der Waals surface area contributed by atoms with Gasteiger partial charge in [-0.2, -0.15) is 14.0 Å². The van der Waals surface area contributed by atoms with E-state index in [1.54, 1.807) is 26.8 Å². The summed E-state index contributed by atoms with van der Waals surface area (Å²) in [7, 11) is 1.35. The van der Waals surface area contributed by atoms with E-state index in [2.05, 4.69) is 0 Å². The fourth-order valence-corrected chi connectivity index (χ4v) is 2.08. The van der Waals surface area contributed by atoms with Crippen LogP contribution in [0.25, 0.3) is 6.08 Å². The number of ketones is 1. The number of methoxy groups -OCH3 is 1. The second-order valence-electron chi connectivity index (χ2n) is 6.87. The zero-order chi connectivity index (χ0) is 20.8. The summed E-state index contributed by atoms with van der Waals surface area (Å²) in [4.78, 5) is 12.3. The van der Waals surface area contributed by atoms with Gasteiger partial charge in [0.1, 0.15) is 18.4 Å². The van der Waals surface area contributed by atoms with E-state index >= 15 is 0 Å². The van der Waals surface area contributed by atoms with Crippen molar-refractivity contribution in [2.24, 2.45) is 5.41 Å². The molecule has 0 N–H and O–H groups in total. The van der Waals surface area contributed by atoms with Gasteiger partial charge in [0.2, 0.25) is 0 Å². The van der Waals surface area contributed by atoms with Crippen molar-refractivity contribution in [3.05, 3.63) is 34.9 Å². The smallest absolute Gasteiger partial charge is 0.330 e. The van der Waals surface area contributed by atoms with E-state index in [0.717, 1.165) is 0 Å². The quantitative estimate of drug-likeness (QED) is 0.371. The molecule has 8 heteroatoms. The highest BCUT2D eigenvalue weighted by atomic mass is 19.3. The number of halogens is 4. The molecule has 0 heterocycles. The number of hydrogen-bond donors (Lipinski definition) is 0. The molecule has 0 aliphatic rings. The van der Waals surface area contributed by atoms with Gasteiger partial charge in [-0.15, -0.1) is 0 Å². The van der Waals surface area contributed by atoms with Gasteiger partial charge in [-0.25, -0.2) is 8.78 Å². The van der Waals surface area contributed by atoms with E-state index in [9.17, 15) is 27.6 Å². The predicted molar refractivity (Wildman–Crippen MR) is 91.7 cm³/mol. The Morgan fingerprint density at radius 3 is 2.41 bits per heavy atom. The Bertz CT molecular complexity index is 746. The Morgan fingerprint density at radius 2 is 1.93 bits per heavy atom. The highest BCUT2D eigenvalue weighted by molar-refractivity contribution is 6.06. The first-order chi connectivity index (χ1) is 12.4. The number of carbonyl (C=O) groups excluding carboxylic acids is 1. The zero-order valence-electron chi connectivity index (χ0n) is 15.5. The Balaban J connectivity index is 3.07. The minimum Gasteiger partial charge on any atom is -0.496 e. The summed E-state index contributed by atoms with van der Waals surface area (Å²) in [6.07, 6.45) is -2.46. The fraction of sp³-hybridized carbons (Fsp3) is 0.474. The molecule has 0 atom stereocenters. The van der Waals surface area contributed by atoms with Crippen LogP contribution in [-0.4, -0.2) is 31.8 Å². The molecule has 148 valence electrons. The van der Waals surface area contributed by atoms with Crippen LogP contribution in [0.15, 0.2) is 23.8 Å². The zero-order valence-corrected chi connectivity index (χ0v) is 15.5. The number of allylic oxidation sites excluding steroid dienone is 1. The minimum atomic E-state index is -4.25. The first-order valence-corrected chi connectivity index (χ1v) is 7.99. The fourth-order valence-electron chi connectivity index (χ4n) is 2.08.